The first-order valence-corrected chi connectivity index (χ1v) is 7.38. The van der Waals surface area contributed by atoms with Gasteiger partial charge in [-0.3, -0.25) is 4.79 Å². The first-order valence-electron chi connectivity index (χ1n) is 6.84. The van der Waals surface area contributed by atoms with Crippen LogP contribution in [0, 0.1) is 5.92 Å². The maximum absolute atomic E-state index is 11.7. The van der Waals surface area contributed by atoms with Gasteiger partial charge in [-0.25, -0.2) is 0 Å². The van der Waals surface area contributed by atoms with Crippen molar-refractivity contribution in [2.75, 3.05) is 5.88 Å². The van der Waals surface area contributed by atoms with Crippen molar-refractivity contribution in [3.63, 3.8) is 0 Å². The zero-order chi connectivity index (χ0) is 12.2. The SMILES string of the molecule is CCCCCCCC(CCCCl)C(=O)CC. The van der Waals surface area contributed by atoms with E-state index in [1.165, 1.54) is 32.1 Å². The third-order valence-electron chi connectivity index (χ3n) is 3.15. The predicted molar refractivity (Wildman–Crippen MR) is 72.1 cm³/mol. The molecule has 0 radical (unpaired) electrons. The van der Waals surface area contributed by atoms with Crippen LogP contribution in [0.4, 0.5) is 0 Å². The highest BCUT2D eigenvalue weighted by Gasteiger charge is 2.15. The Bertz CT molecular complexity index is 168. The Hall–Kier alpha value is -0.0400. The van der Waals surface area contributed by atoms with E-state index in [0.29, 0.717) is 18.1 Å². The van der Waals surface area contributed by atoms with Gasteiger partial charge in [0, 0.05) is 18.2 Å². The number of halogens is 1. The number of Topliss-reactive ketones (excluding diaryl/α,β-unsaturated/α-hetero) is 1. The average Bonchev–Trinajstić information content (AvgIpc) is 2.31. The third-order valence-corrected chi connectivity index (χ3v) is 3.41. The Morgan fingerprint density at radius 1 is 1.00 bits per heavy atom. The molecule has 0 spiro atoms. The number of carbonyl (C=O) groups is 1. The molecule has 0 heterocycles. The van der Waals surface area contributed by atoms with Crippen LogP contribution in [0.3, 0.4) is 0 Å². The molecule has 0 aliphatic heterocycles. The van der Waals surface area contributed by atoms with Crippen LogP contribution in [-0.2, 0) is 4.79 Å². The molecule has 0 rings (SSSR count). The molecule has 2 heteroatoms. The van der Waals surface area contributed by atoms with E-state index in [1.54, 1.807) is 0 Å². The second kappa shape index (κ2) is 11.4. The van der Waals surface area contributed by atoms with Gasteiger partial charge in [0.15, 0.2) is 0 Å². The molecule has 96 valence electrons. The Balaban J connectivity index is 3.69. The topological polar surface area (TPSA) is 17.1 Å². The summed E-state index contributed by atoms with van der Waals surface area (Å²) >= 11 is 5.68. The molecule has 0 N–H and O–H groups in total. The molecule has 1 atom stereocenters. The van der Waals surface area contributed by atoms with Crippen LogP contribution < -0.4 is 0 Å². The zero-order valence-corrected chi connectivity index (χ0v) is 11.7. The van der Waals surface area contributed by atoms with E-state index in [9.17, 15) is 4.79 Å². The Morgan fingerprint density at radius 2 is 1.62 bits per heavy atom. The van der Waals surface area contributed by atoms with E-state index >= 15 is 0 Å². The van der Waals surface area contributed by atoms with E-state index in [4.69, 9.17) is 11.6 Å². The van der Waals surface area contributed by atoms with Gasteiger partial charge in [-0.15, -0.1) is 11.6 Å². The van der Waals surface area contributed by atoms with Gasteiger partial charge in [-0.1, -0.05) is 46.0 Å². The molecule has 0 saturated heterocycles. The number of alkyl halides is 1. The minimum absolute atomic E-state index is 0.283. The van der Waals surface area contributed by atoms with E-state index < -0.39 is 0 Å². The van der Waals surface area contributed by atoms with Gasteiger partial charge in [0.1, 0.15) is 5.78 Å². The molecule has 1 nitrogen and oxygen atoms in total. The summed E-state index contributed by atoms with van der Waals surface area (Å²) < 4.78 is 0. The van der Waals surface area contributed by atoms with Gasteiger partial charge in [0.25, 0.3) is 0 Å². The molecule has 0 amide bonds. The van der Waals surface area contributed by atoms with E-state index in [0.717, 1.165) is 19.3 Å². The van der Waals surface area contributed by atoms with Gasteiger partial charge in [0.05, 0.1) is 0 Å². The van der Waals surface area contributed by atoms with Crippen molar-refractivity contribution in [1.29, 1.82) is 0 Å². The summed E-state index contributed by atoms with van der Waals surface area (Å²) in [5, 5.41) is 0. The normalized spacial score (nSPS) is 12.7. The molecule has 16 heavy (non-hydrogen) atoms. The standard InChI is InChI=1S/C14H27ClO/c1-3-5-6-7-8-10-13(11-9-12-15)14(16)4-2/h13H,3-12H2,1-2H3. The smallest absolute Gasteiger partial charge is 0.135 e. The lowest BCUT2D eigenvalue weighted by Crippen LogP contribution is -2.13. The number of unbranched alkanes of at least 4 members (excludes halogenated alkanes) is 4. The number of carbonyl (C=O) groups excluding carboxylic acids is 1. The highest BCUT2D eigenvalue weighted by atomic mass is 35.5. The van der Waals surface area contributed by atoms with E-state index in [1.807, 2.05) is 6.92 Å². The fourth-order valence-corrected chi connectivity index (χ4v) is 2.23. The first kappa shape index (κ1) is 16.0. The van der Waals surface area contributed by atoms with Crippen LogP contribution in [0.25, 0.3) is 0 Å². The second-order valence-electron chi connectivity index (χ2n) is 4.55. The summed E-state index contributed by atoms with van der Waals surface area (Å²) in [6, 6.07) is 0. The van der Waals surface area contributed by atoms with Crippen molar-refractivity contribution in [1.82, 2.24) is 0 Å². The molecule has 1 unspecified atom stereocenters. The highest BCUT2D eigenvalue weighted by molar-refractivity contribution is 6.17. The fourth-order valence-electron chi connectivity index (χ4n) is 2.07. The fraction of sp³-hybridized carbons (Fsp3) is 0.929. The first-order chi connectivity index (χ1) is 7.76. The summed E-state index contributed by atoms with van der Waals surface area (Å²) in [4.78, 5) is 11.7. The van der Waals surface area contributed by atoms with Crippen LogP contribution >= 0.6 is 11.6 Å². The van der Waals surface area contributed by atoms with Crippen molar-refractivity contribution < 1.29 is 4.79 Å². The lowest BCUT2D eigenvalue weighted by molar-refractivity contribution is -0.123. The monoisotopic (exact) mass is 246 g/mol. The van der Waals surface area contributed by atoms with Crippen molar-refractivity contribution in [2.24, 2.45) is 5.92 Å². The molecular weight excluding hydrogens is 220 g/mol. The number of hydrogen-bond donors (Lipinski definition) is 0. The summed E-state index contributed by atoms with van der Waals surface area (Å²) in [5.41, 5.74) is 0. The summed E-state index contributed by atoms with van der Waals surface area (Å²) in [6.07, 6.45) is 10.1. The average molecular weight is 247 g/mol. The Morgan fingerprint density at radius 3 is 2.19 bits per heavy atom. The molecule has 0 saturated carbocycles. The molecule has 0 aromatic carbocycles. The van der Waals surface area contributed by atoms with Gasteiger partial charge in [0.2, 0.25) is 0 Å². The quantitative estimate of drug-likeness (QED) is 0.372. The predicted octanol–water partition coefficient (Wildman–Crippen LogP) is 4.96. The Kier molecular flexibility index (Phi) is 11.4. The Labute approximate surface area is 106 Å². The summed E-state index contributed by atoms with van der Waals surface area (Å²) in [5.74, 6) is 1.40. The maximum atomic E-state index is 11.7. The van der Waals surface area contributed by atoms with Crippen LogP contribution in [0.15, 0.2) is 0 Å². The number of rotatable bonds is 11. The molecule has 0 aliphatic rings. The molecule has 0 fully saturated rings. The van der Waals surface area contributed by atoms with Crippen LogP contribution in [0.5, 0.6) is 0 Å². The molecule has 0 aliphatic carbocycles. The van der Waals surface area contributed by atoms with E-state index in [-0.39, 0.29) is 5.92 Å². The van der Waals surface area contributed by atoms with Crippen LogP contribution in [0.1, 0.15) is 71.6 Å². The largest absolute Gasteiger partial charge is 0.299 e. The van der Waals surface area contributed by atoms with Gasteiger partial charge in [-0.2, -0.15) is 0 Å². The van der Waals surface area contributed by atoms with Crippen LogP contribution in [0.2, 0.25) is 0 Å². The summed E-state index contributed by atoms with van der Waals surface area (Å²) in [6.45, 7) is 4.19. The van der Waals surface area contributed by atoms with Crippen molar-refractivity contribution in [3.8, 4) is 0 Å². The highest BCUT2D eigenvalue weighted by Crippen LogP contribution is 2.19. The van der Waals surface area contributed by atoms with Crippen molar-refractivity contribution in [3.05, 3.63) is 0 Å². The van der Waals surface area contributed by atoms with Gasteiger partial charge >= 0.3 is 0 Å². The number of hydrogen-bond acceptors (Lipinski definition) is 1. The summed E-state index contributed by atoms with van der Waals surface area (Å²) in [7, 11) is 0. The van der Waals surface area contributed by atoms with Gasteiger partial charge < -0.3 is 0 Å². The maximum Gasteiger partial charge on any atom is 0.135 e. The van der Waals surface area contributed by atoms with E-state index in [2.05, 4.69) is 6.92 Å². The van der Waals surface area contributed by atoms with Crippen molar-refractivity contribution >= 4 is 17.4 Å². The minimum Gasteiger partial charge on any atom is -0.299 e. The van der Waals surface area contributed by atoms with Gasteiger partial charge in [-0.05, 0) is 19.3 Å². The van der Waals surface area contributed by atoms with Crippen LogP contribution in [-0.4, -0.2) is 11.7 Å². The molecule has 0 aromatic heterocycles. The molecular formula is C14H27ClO. The van der Waals surface area contributed by atoms with Crippen molar-refractivity contribution in [2.45, 2.75) is 71.6 Å². The lowest BCUT2D eigenvalue weighted by Gasteiger charge is -2.14. The zero-order valence-electron chi connectivity index (χ0n) is 10.9. The molecule has 0 aromatic rings. The second-order valence-corrected chi connectivity index (χ2v) is 4.93. The third kappa shape index (κ3) is 8.15. The lowest BCUT2D eigenvalue weighted by atomic mass is 9.91. The minimum atomic E-state index is 0.283. The molecule has 0 bridgehead atoms. The number of ketones is 1.